The molecule has 126 valence electrons. The van der Waals surface area contributed by atoms with Crippen molar-refractivity contribution in [3.8, 4) is 5.75 Å². The Hall–Kier alpha value is -1.31. The van der Waals surface area contributed by atoms with Gasteiger partial charge >= 0.3 is 11.9 Å². The Kier molecular flexibility index (Phi) is 6.26. The van der Waals surface area contributed by atoms with Crippen LogP contribution >= 0.6 is 22.6 Å². The SMILES string of the molecule is Cc1cc(I)cc(C(=O)OC(CC(=O)O)C2CCCCC2)c1O. The molecule has 2 N–H and O–H groups in total. The minimum atomic E-state index is -0.976. The first-order chi connectivity index (χ1) is 10.9. The van der Waals surface area contributed by atoms with Crippen LogP contribution < -0.4 is 0 Å². The monoisotopic (exact) mass is 432 g/mol. The number of hydrogen-bond acceptors (Lipinski definition) is 4. The van der Waals surface area contributed by atoms with Crippen molar-refractivity contribution in [1.82, 2.24) is 0 Å². The van der Waals surface area contributed by atoms with Crippen LogP contribution in [0.5, 0.6) is 5.75 Å². The zero-order valence-corrected chi connectivity index (χ0v) is 15.2. The summed E-state index contributed by atoms with van der Waals surface area (Å²) in [7, 11) is 0. The van der Waals surface area contributed by atoms with Crippen molar-refractivity contribution in [2.45, 2.75) is 51.6 Å². The van der Waals surface area contributed by atoms with Crippen LogP contribution in [0.3, 0.4) is 0 Å². The van der Waals surface area contributed by atoms with Gasteiger partial charge in [-0.1, -0.05) is 19.3 Å². The summed E-state index contributed by atoms with van der Waals surface area (Å²) in [4.78, 5) is 23.5. The highest BCUT2D eigenvalue weighted by molar-refractivity contribution is 14.1. The maximum Gasteiger partial charge on any atom is 0.342 e. The normalized spacial score (nSPS) is 16.8. The Morgan fingerprint density at radius 3 is 2.57 bits per heavy atom. The van der Waals surface area contributed by atoms with E-state index < -0.39 is 18.0 Å². The van der Waals surface area contributed by atoms with E-state index in [0.29, 0.717) is 5.56 Å². The highest BCUT2D eigenvalue weighted by Crippen LogP contribution is 2.31. The standard InChI is InChI=1S/C17H21IO5/c1-10-7-12(18)8-13(16(10)21)17(22)23-14(9-15(19)20)11-5-3-2-4-6-11/h7-8,11,14,21H,2-6,9H2,1H3,(H,19,20). The second-order valence-corrected chi connectivity index (χ2v) is 7.30. The smallest absolute Gasteiger partial charge is 0.342 e. The molecule has 0 aliphatic heterocycles. The van der Waals surface area contributed by atoms with Gasteiger partial charge < -0.3 is 14.9 Å². The number of carboxylic acids is 1. The summed E-state index contributed by atoms with van der Waals surface area (Å²) in [5.74, 6) is -1.65. The van der Waals surface area contributed by atoms with Crippen LogP contribution in [0.2, 0.25) is 0 Å². The summed E-state index contributed by atoms with van der Waals surface area (Å²) in [5.41, 5.74) is 0.692. The number of ether oxygens (including phenoxy) is 1. The average molecular weight is 432 g/mol. The molecule has 1 aromatic rings. The Morgan fingerprint density at radius 2 is 1.96 bits per heavy atom. The van der Waals surface area contributed by atoms with Crippen molar-refractivity contribution in [1.29, 1.82) is 0 Å². The summed E-state index contributed by atoms with van der Waals surface area (Å²) in [6.45, 7) is 1.71. The van der Waals surface area contributed by atoms with E-state index in [2.05, 4.69) is 22.6 Å². The van der Waals surface area contributed by atoms with Crippen LogP contribution in [0, 0.1) is 16.4 Å². The molecule has 0 spiro atoms. The number of aryl methyl sites for hydroxylation is 1. The van der Waals surface area contributed by atoms with E-state index in [4.69, 9.17) is 9.84 Å². The Balaban J connectivity index is 2.18. The average Bonchev–Trinajstić information content (AvgIpc) is 2.50. The molecule has 1 aromatic carbocycles. The van der Waals surface area contributed by atoms with Crippen molar-refractivity contribution < 1.29 is 24.5 Å². The molecule has 1 atom stereocenters. The number of esters is 1. The second kappa shape index (κ2) is 7.99. The summed E-state index contributed by atoms with van der Waals surface area (Å²) >= 11 is 2.06. The zero-order chi connectivity index (χ0) is 17.0. The number of aliphatic carboxylic acids is 1. The van der Waals surface area contributed by atoms with Gasteiger partial charge in [0.1, 0.15) is 17.4 Å². The van der Waals surface area contributed by atoms with Crippen LogP contribution in [0.1, 0.15) is 54.4 Å². The van der Waals surface area contributed by atoms with E-state index in [1.807, 2.05) is 0 Å². The minimum Gasteiger partial charge on any atom is -0.507 e. The predicted octanol–water partition coefficient (Wildman–Crippen LogP) is 3.89. The van der Waals surface area contributed by atoms with E-state index in [-0.39, 0.29) is 23.7 Å². The van der Waals surface area contributed by atoms with Crippen LogP contribution in [-0.4, -0.2) is 28.3 Å². The number of phenolic OH excluding ortho intramolecular Hbond substituents is 1. The molecule has 1 saturated carbocycles. The largest absolute Gasteiger partial charge is 0.507 e. The van der Waals surface area contributed by atoms with Gasteiger partial charge in [-0.15, -0.1) is 0 Å². The number of hydrogen-bond donors (Lipinski definition) is 2. The molecule has 23 heavy (non-hydrogen) atoms. The first-order valence-electron chi connectivity index (χ1n) is 7.80. The van der Waals surface area contributed by atoms with E-state index >= 15 is 0 Å². The number of carbonyl (C=O) groups excluding carboxylic acids is 1. The number of carboxylic acid groups (broad SMARTS) is 1. The lowest BCUT2D eigenvalue weighted by molar-refractivity contribution is -0.140. The third-order valence-corrected chi connectivity index (χ3v) is 4.92. The Morgan fingerprint density at radius 1 is 1.30 bits per heavy atom. The number of aromatic hydroxyl groups is 1. The van der Waals surface area contributed by atoms with Crippen LogP contribution in [0.4, 0.5) is 0 Å². The molecule has 5 nitrogen and oxygen atoms in total. The van der Waals surface area contributed by atoms with E-state index in [1.165, 1.54) is 0 Å². The van der Waals surface area contributed by atoms with Crippen molar-refractivity contribution >= 4 is 34.5 Å². The fourth-order valence-electron chi connectivity index (χ4n) is 3.07. The van der Waals surface area contributed by atoms with Crippen molar-refractivity contribution in [2.24, 2.45) is 5.92 Å². The van der Waals surface area contributed by atoms with Crippen molar-refractivity contribution in [3.63, 3.8) is 0 Å². The van der Waals surface area contributed by atoms with Gasteiger partial charge in [0.05, 0.1) is 6.42 Å². The highest BCUT2D eigenvalue weighted by atomic mass is 127. The summed E-state index contributed by atoms with van der Waals surface area (Å²) in [6, 6.07) is 3.33. The Bertz CT molecular complexity index is 593. The summed E-state index contributed by atoms with van der Waals surface area (Å²) in [5, 5.41) is 19.2. The second-order valence-electron chi connectivity index (χ2n) is 6.06. The number of phenols is 1. The maximum absolute atomic E-state index is 12.4. The molecule has 1 unspecified atom stereocenters. The van der Waals surface area contributed by atoms with Gasteiger partial charge in [-0.2, -0.15) is 0 Å². The van der Waals surface area contributed by atoms with Crippen LogP contribution in [0.15, 0.2) is 12.1 Å². The quantitative estimate of drug-likeness (QED) is 0.545. The molecule has 0 bridgehead atoms. The lowest BCUT2D eigenvalue weighted by atomic mass is 9.84. The fourth-order valence-corrected chi connectivity index (χ4v) is 3.85. The zero-order valence-electron chi connectivity index (χ0n) is 13.0. The topological polar surface area (TPSA) is 83.8 Å². The van der Waals surface area contributed by atoms with Gasteiger partial charge in [-0.25, -0.2) is 4.79 Å². The van der Waals surface area contributed by atoms with E-state index in [0.717, 1.165) is 35.7 Å². The molecule has 0 aromatic heterocycles. The fraction of sp³-hybridized carbons (Fsp3) is 0.529. The number of benzene rings is 1. The van der Waals surface area contributed by atoms with E-state index in [1.54, 1.807) is 19.1 Å². The van der Waals surface area contributed by atoms with Crippen molar-refractivity contribution in [2.75, 3.05) is 0 Å². The molecule has 1 aliphatic carbocycles. The lowest BCUT2D eigenvalue weighted by Crippen LogP contribution is -2.31. The van der Waals surface area contributed by atoms with Gasteiger partial charge in [0.2, 0.25) is 0 Å². The minimum absolute atomic E-state index is 0.0785. The molecule has 2 rings (SSSR count). The van der Waals surface area contributed by atoms with Gasteiger partial charge in [0, 0.05) is 3.57 Å². The first-order valence-corrected chi connectivity index (χ1v) is 8.88. The highest BCUT2D eigenvalue weighted by Gasteiger charge is 2.30. The van der Waals surface area contributed by atoms with Crippen molar-refractivity contribution in [3.05, 3.63) is 26.8 Å². The molecule has 0 radical (unpaired) electrons. The van der Waals surface area contributed by atoms with Crippen LogP contribution in [-0.2, 0) is 9.53 Å². The first kappa shape index (κ1) is 18.0. The summed E-state index contributed by atoms with van der Waals surface area (Å²) in [6.07, 6.45) is 4.13. The van der Waals surface area contributed by atoms with Gasteiger partial charge in [-0.05, 0) is 66.0 Å². The molecule has 0 amide bonds. The van der Waals surface area contributed by atoms with Gasteiger partial charge in [0.15, 0.2) is 0 Å². The third kappa shape index (κ3) is 4.83. The molecule has 0 heterocycles. The Labute approximate surface area is 149 Å². The van der Waals surface area contributed by atoms with Gasteiger partial charge in [-0.3, -0.25) is 4.79 Å². The maximum atomic E-state index is 12.4. The number of carbonyl (C=O) groups is 2. The molecule has 6 heteroatoms. The molecule has 1 fully saturated rings. The molecule has 1 aliphatic rings. The predicted molar refractivity (Wildman–Crippen MR) is 93.6 cm³/mol. The van der Waals surface area contributed by atoms with E-state index in [9.17, 15) is 14.7 Å². The van der Waals surface area contributed by atoms with Crippen LogP contribution in [0.25, 0.3) is 0 Å². The molecular formula is C17H21IO5. The van der Waals surface area contributed by atoms with Gasteiger partial charge in [0.25, 0.3) is 0 Å². The third-order valence-electron chi connectivity index (χ3n) is 4.30. The number of halogens is 1. The summed E-state index contributed by atoms with van der Waals surface area (Å²) < 4.78 is 6.31. The molecular weight excluding hydrogens is 411 g/mol. The molecule has 0 saturated heterocycles. The number of rotatable bonds is 5. The lowest BCUT2D eigenvalue weighted by Gasteiger charge is -2.29.